The van der Waals surface area contributed by atoms with Gasteiger partial charge in [0.15, 0.2) is 6.61 Å². The van der Waals surface area contributed by atoms with Crippen LogP contribution in [0.25, 0.3) is 0 Å². The van der Waals surface area contributed by atoms with Gasteiger partial charge in [-0.25, -0.2) is 14.0 Å². The SMILES string of the molecule is CCCn1c(N)c(C(=O)COC(=O)c2cc(Cl)ccc2F)c(=O)n(C)c1=O. The van der Waals surface area contributed by atoms with E-state index in [-0.39, 0.29) is 17.4 Å². The van der Waals surface area contributed by atoms with Crippen LogP contribution in [0.1, 0.15) is 34.1 Å². The molecule has 2 aromatic rings. The van der Waals surface area contributed by atoms with Crippen molar-refractivity contribution in [3.63, 3.8) is 0 Å². The molecule has 0 atom stereocenters. The van der Waals surface area contributed by atoms with Crippen molar-refractivity contribution in [3.8, 4) is 0 Å². The highest BCUT2D eigenvalue weighted by Gasteiger charge is 2.23. The van der Waals surface area contributed by atoms with Gasteiger partial charge in [0, 0.05) is 18.6 Å². The molecule has 0 amide bonds. The molecule has 8 nitrogen and oxygen atoms in total. The second-order valence-electron chi connectivity index (χ2n) is 5.68. The Labute approximate surface area is 157 Å². The van der Waals surface area contributed by atoms with Gasteiger partial charge in [0.05, 0.1) is 5.56 Å². The molecule has 1 aromatic carbocycles. The molecule has 2 rings (SSSR count). The maximum atomic E-state index is 13.7. The van der Waals surface area contributed by atoms with Crippen LogP contribution >= 0.6 is 11.6 Å². The number of carbonyl (C=O) groups is 2. The fourth-order valence-electron chi connectivity index (χ4n) is 2.42. The van der Waals surface area contributed by atoms with Crippen LogP contribution in [0, 0.1) is 5.82 Å². The van der Waals surface area contributed by atoms with Crippen molar-refractivity contribution < 1.29 is 18.7 Å². The van der Waals surface area contributed by atoms with Gasteiger partial charge in [-0.1, -0.05) is 18.5 Å². The lowest BCUT2D eigenvalue weighted by atomic mass is 10.2. The lowest BCUT2D eigenvalue weighted by Crippen LogP contribution is -2.43. The van der Waals surface area contributed by atoms with Gasteiger partial charge in [0.1, 0.15) is 17.2 Å². The molecule has 0 fully saturated rings. The van der Waals surface area contributed by atoms with Crippen LogP contribution in [0.3, 0.4) is 0 Å². The van der Waals surface area contributed by atoms with Crippen molar-refractivity contribution in [2.45, 2.75) is 19.9 Å². The fourth-order valence-corrected chi connectivity index (χ4v) is 2.59. The number of aromatic nitrogens is 2. The number of nitrogen functional groups attached to an aromatic ring is 1. The number of anilines is 1. The van der Waals surface area contributed by atoms with Crippen molar-refractivity contribution in [2.75, 3.05) is 12.3 Å². The monoisotopic (exact) mass is 397 g/mol. The Bertz CT molecular complexity index is 1030. The predicted octanol–water partition coefficient (Wildman–Crippen LogP) is 1.37. The molecule has 1 heterocycles. The molecule has 0 aliphatic heterocycles. The van der Waals surface area contributed by atoms with E-state index in [0.29, 0.717) is 6.42 Å². The van der Waals surface area contributed by atoms with E-state index < -0.39 is 46.6 Å². The molecule has 2 N–H and O–H groups in total. The molecular formula is C17H17ClFN3O5. The largest absolute Gasteiger partial charge is 0.454 e. The average Bonchev–Trinajstić information content (AvgIpc) is 2.63. The summed E-state index contributed by atoms with van der Waals surface area (Å²) in [5, 5.41) is 0.111. The number of benzene rings is 1. The number of hydrogen-bond donors (Lipinski definition) is 1. The van der Waals surface area contributed by atoms with Gasteiger partial charge >= 0.3 is 11.7 Å². The van der Waals surface area contributed by atoms with Gasteiger partial charge in [-0.05, 0) is 24.6 Å². The van der Waals surface area contributed by atoms with Gasteiger partial charge in [-0.15, -0.1) is 0 Å². The Morgan fingerprint density at radius 1 is 1.30 bits per heavy atom. The zero-order valence-corrected chi connectivity index (χ0v) is 15.4. The number of halogens is 2. The van der Waals surface area contributed by atoms with Crippen molar-refractivity contribution in [2.24, 2.45) is 7.05 Å². The van der Waals surface area contributed by atoms with E-state index in [1.165, 1.54) is 13.1 Å². The van der Waals surface area contributed by atoms with Crippen molar-refractivity contribution in [3.05, 3.63) is 61.0 Å². The topological polar surface area (TPSA) is 113 Å². The fraction of sp³-hybridized carbons (Fsp3) is 0.294. The molecule has 0 unspecified atom stereocenters. The Kier molecular flexibility index (Phi) is 6.17. The first-order valence-electron chi connectivity index (χ1n) is 7.93. The summed E-state index contributed by atoms with van der Waals surface area (Å²) in [4.78, 5) is 48.7. The number of carbonyl (C=O) groups excluding carboxylic acids is 2. The van der Waals surface area contributed by atoms with Gasteiger partial charge in [0.2, 0.25) is 5.78 Å². The molecule has 27 heavy (non-hydrogen) atoms. The quantitative estimate of drug-likeness (QED) is 0.581. The maximum absolute atomic E-state index is 13.7. The summed E-state index contributed by atoms with van der Waals surface area (Å²) in [6.45, 7) is 1.14. The van der Waals surface area contributed by atoms with Crippen LogP contribution in [0.4, 0.5) is 10.2 Å². The molecule has 0 radical (unpaired) electrons. The first-order valence-corrected chi connectivity index (χ1v) is 8.31. The number of rotatable bonds is 6. The van der Waals surface area contributed by atoms with E-state index in [1.807, 2.05) is 0 Å². The van der Waals surface area contributed by atoms with Crippen LogP contribution in [0.2, 0.25) is 5.02 Å². The normalized spacial score (nSPS) is 10.7. The summed E-state index contributed by atoms with van der Waals surface area (Å²) < 4.78 is 20.3. The minimum absolute atomic E-state index is 0.111. The number of esters is 1. The average molecular weight is 398 g/mol. The summed E-state index contributed by atoms with van der Waals surface area (Å²) in [5.41, 5.74) is 3.33. The summed E-state index contributed by atoms with van der Waals surface area (Å²) >= 11 is 5.71. The van der Waals surface area contributed by atoms with E-state index in [0.717, 1.165) is 21.3 Å². The van der Waals surface area contributed by atoms with Crippen molar-refractivity contribution >= 4 is 29.2 Å². The zero-order valence-electron chi connectivity index (χ0n) is 14.6. The Morgan fingerprint density at radius 3 is 2.59 bits per heavy atom. The summed E-state index contributed by atoms with van der Waals surface area (Å²) in [6, 6.07) is 3.29. The van der Waals surface area contributed by atoms with Crippen molar-refractivity contribution in [1.29, 1.82) is 0 Å². The number of nitrogens with two attached hydrogens (primary N) is 1. The molecular weight excluding hydrogens is 381 g/mol. The summed E-state index contributed by atoms with van der Waals surface area (Å²) in [6.07, 6.45) is 0.541. The zero-order chi connectivity index (χ0) is 20.3. The number of nitrogens with zero attached hydrogens (tertiary/aromatic N) is 2. The van der Waals surface area contributed by atoms with Crippen LogP contribution in [0.15, 0.2) is 27.8 Å². The second kappa shape index (κ2) is 8.17. The van der Waals surface area contributed by atoms with Crippen LogP contribution in [-0.4, -0.2) is 27.5 Å². The number of ketones is 1. The smallest absolute Gasteiger partial charge is 0.341 e. The second-order valence-corrected chi connectivity index (χ2v) is 6.12. The molecule has 0 saturated carbocycles. The van der Waals surface area contributed by atoms with Crippen molar-refractivity contribution in [1.82, 2.24) is 9.13 Å². The first kappa shape index (κ1) is 20.4. The van der Waals surface area contributed by atoms with Crippen LogP contribution in [-0.2, 0) is 18.3 Å². The Morgan fingerprint density at radius 2 is 1.96 bits per heavy atom. The standard InChI is InChI=1S/C17H17ClFN3O5/c1-3-6-22-14(20)13(15(24)21(2)17(22)26)12(23)8-27-16(25)10-7-9(18)4-5-11(10)19/h4-5,7H,3,6,8,20H2,1-2H3. The molecule has 0 aliphatic rings. The molecule has 0 spiro atoms. The highest BCUT2D eigenvalue weighted by atomic mass is 35.5. The first-order chi connectivity index (χ1) is 12.7. The van der Waals surface area contributed by atoms with Crippen LogP contribution < -0.4 is 17.0 Å². The molecule has 144 valence electrons. The highest BCUT2D eigenvalue weighted by Crippen LogP contribution is 2.16. The number of Topliss-reactive ketones (excluding diaryl/α,β-unsaturated/α-hetero) is 1. The van der Waals surface area contributed by atoms with E-state index in [2.05, 4.69) is 0 Å². The number of ether oxygens (including phenoxy) is 1. The van der Waals surface area contributed by atoms with E-state index in [4.69, 9.17) is 22.1 Å². The third-order valence-corrected chi connectivity index (χ3v) is 4.03. The minimum Gasteiger partial charge on any atom is -0.454 e. The third-order valence-electron chi connectivity index (χ3n) is 3.79. The molecule has 0 aliphatic carbocycles. The van der Waals surface area contributed by atoms with E-state index in [1.54, 1.807) is 6.92 Å². The molecule has 1 aromatic heterocycles. The maximum Gasteiger partial charge on any atom is 0.341 e. The predicted molar refractivity (Wildman–Crippen MR) is 96.7 cm³/mol. The summed E-state index contributed by atoms with van der Waals surface area (Å²) in [7, 11) is 1.21. The van der Waals surface area contributed by atoms with E-state index in [9.17, 15) is 23.6 Å². The van der Waals surface area contributed by atoms with Gasteiger partial charge < -0.3 is 10.5 Å². The van der Waals surface area contributed by atoms with Gasteiger partial charge in [-0.3, -0.25) is 18.7 Å². The lowest BCUT2D eigenvalue weighted by molar-refractivity contribution is 0.0469. The molecule has 10 heteroatoms. The van der Waals surface area contributed by atoms with Crippen LogP contribution in [0.5, 0.6) is 0 Å². The molecule has 0 bridgehead atoms. The Balaban J connectivity index is 2.31. The highest BCUT2D eigenvalue weighted by molar-refractivity contribution is 6.30. The minimum atomic E-state index is -1.12. The Hall–Kier alpha value is -2.94. The number of hydrogen-bond acceptors (Lipinski definition) is 6. The third kappa shape index (κ3) is 4.08. The van der Waals surface area contributed by atoms with Gasteiger partial charge in [-0.2, -0.15) is 0 Å². The van der Waals surface area contributed by atoms with Gasteiger partial charge in [0.25, 0.3) is 5.56 Å². The summed E-state index contributed by atoms with van der Waals surface area (Å²) in [5.74, 6) is -3.21. The lowest BCUT2D eigenvalue weighted by Gasteiger charge is -2.14. The molecule has 0 saturated heterocycles. The van der Waals surface area contributed by atoms with E-state index >= 15 is 0 Å².